The first-order valence-corrected chi connectivity index (χ1v) is 8.41. The standard InChI is InChI=1S/C14H14BrFN2O2S/c1-17-9-10-3-2-4-12(7-10)18-21(19,20)14-6-5-11(16)8-13(14)15/h2-8,17-18H,9H2,1H3. The quantitative estimate of drug-likeness (QED) is 0.847. The number of sulfonamides is 1. The Morgan fingerprint density at radius 1 is 1.19 bits per heavy atom. The van der Waals surface area contributed by atoms with Crippen molar-refractivity contribution in [2.75, 3.05) is 11.8 Å². The Bertz CT molecular complexity index is 750. The number of nitrogens with one attached hydrogen (secondary N) is 2. The highest BCUT2D eigenvalue weighted by molar-refractivity contribution is 9.10. The topological polar surface area (TPSA) is 58.2 Å². The molecule has 0 aromatic heterocycles. The minimum atomic E-state index is -3.78. The zero-order chi connectivity index (χ0) is 15.5. The van der Waals surface area contributed by atoms with E-state index < -0.39 is 15.8 Å². The highest BCUT2D eigenvalue weighted by Crippen LogP contribution is 2.25. The van der Waals surface area contributed by atoms with Crippen molar-refractivity contribution in [3.63, 3.8) is 0 Å². The van der Waals surface area contributed by atoms with Gasteiger partial charge in [-0.15, -0.1) is 0 Å². The zero-order valence-electron chi connectivity index (χ0n) is 11.2. The molecule has 0 radical (unpaired) electrons. The van der Waals surface area contributed by atoms with E-state index in [-0.39, 0.29) is 9.37 Å². The van der Waals surface area contributed by atoms with Crippen molar-refractivity contribution in [1.82, 2.24) is 5.32 Å². The third-order valence-corrected chi connectivity index (χ3v) is 5.10. The van der Waals surface area contributed by atoms with Crippen molar-refractivity contribution in [2.45, 2.75) is 11.4 Å². The van der Waals surface area contributed by atoms with Crippen molar-refractivity contribution in [1.29, 1.82) is 0 Å². The second kappa shape index (κ2) is 6.55. The first kappa shape index (κ1) is 15.9. The summed E-state index contributed by atoms with van der Waals surface area (Å²) in [5.74, 6) is -0.503. The van der Waals surface area contributed by atoms with E-state index in [4.69, 9.17) is 0 Å². The number of rotatable bonds is 5. The fourth-order valence-electron chi connectivity index (χ4n) is 1.85. The van der Waals surface area contributed by atoms with Crippen LogP contribution in [0.2, 0.25) is 0 Å². The largest absolute Gasteiger partial charge is 0.316 e. The summed E-state index contributed by atoms with van der Waals surface area (Å²) in [4.78, 5) is -0.0112. The van der Waals surface area contributed by atoms with Gasteiger partial charge in [0.2, 0.25) is 0 Å². The lowest BCUT2D eigenvalue weighted by Crippen LogP contribution is -2.14. The Morgan fingerprint density at radius 2 is 1.95 bits per heavy atom. The molecule has 0 aliphatic carbocycles. The first-order valence-electron chi connectivity index (χ1n) is 6.14. The van der Waals surface area contributed by atoms with Gasteiger partial charge < -0.3 is 5.32 Å². The van der Waals surface area contributed by atoms with Crippen LogP contribution in [0.25, 0.3) is 0 Å². The van der Waals surface area contributed by atoms with E-state index in [0.717, 1.165) is 17.7 Å². The van der Waals surface area contributed by atoms with E-state index in [0.29, 0.717) is 12.2 Å². The molecule has 112 valence electrons. The number of benzene rings is 2. The molecule has 0 bridgehead atoms. The fourth-order valence-corrected chi connectivity index (χ4v) is 3.95. The molecule has 7 heteroatoms. The number of halogens is 2. The van der Waals surface area contributed by atoms with Crippen LogP contribution in [-0.4, -0.2) is 15.5 Å². The maximum Gasteiger partial charge on any atom is 0.263 e. The fraction of sp³-hybridized carbons (Fsp3) is 0.143. The molecule has 2 rings (SSSR count). The predicted molar refractivity (Wildman–Crippen MR) is 84.1 cm³/mol. The summed E-state index contributed by atoms with van der Waals surface area (Å²) in [5.41, 5.74) is 1.41. The molecule has 21 heavy (non-hydrogen) atoms. The van der Waals surface area contributed by atoms with Gasteiger partial charge in [0.15, 0.2) is 0 Å². The lowest BCUT2D eigenvalue weighted by Gasteiger charge is -2.11. The lowest BCUT2D eigenvalue weighted by atomic mass is 10.2. The number of hydrogen-bond donors (Lipinski definition) is 2. The van der Waals surface area contributed by atoms with Gasteiger partial charge in [0.05, 0.1) is 0 Å². The molecule has 0 heterocycles. The van der Waals surface area contributed by atoms with Crippen molar-refractivity contribution >= 4 is 31.6 Å². The number of hydrogen-bond acceptors (Lipinski definition) is 3. The zero-order valence-corrected chi connectivity index (χ0v) is 13.6. The van der Waals surface area contributed by atoms with Crippen molar-refractivity contribution in [3.8, 4) is 0 Å². The van der Waals surface area contributed by atoms with Crippen LogP contribution in [0.1, 0.15) is 5.56 Å². The minimum absolute atomic E-state index is 0.0112. The molecule has 0 amide bonds. The molecule has 0 fully saturated rings. The maximum atomic E-state index is 13.0. The van der Waals surface area contributed by atoms with Crippen molar-refractivity contribution in [3.05, 3.63) is 58.3 Å². The Kier molecular flexibility index (Phi) is 4.97. The first-order chi connectivity index (χ1) is 9.92. The van der Waals surface area contributed by atoms with Crippen molar-refractivity contribution in [2.24, 2.45) is 0 Å². The molecule has 2 aromatic rings. The number of anilines is 1. The molecule has 2 N–H and O–H groups in total. The summed E-state index contributed by atoms with van der Waals surface area (Å²) in [5, 5.41) is 2.99. The summed E-state index contributed by atoms with van der Waals surface area (Å²) in [7, 11) is -1.96. The van der Waals surface area contributed by atoms with Gasteiger partial charge in [-0.05, 0) is 58.9 Å². The highest BCUT2D eigenvalue weighted by atomic mass is 79.9. The summed E-state index contributed by atoms with van der Waals surface area (Å²) in [6.07, 6.45) is 0. The van der Waals surface area contributed by atoms with Crippen LogP contribution in [0, 0.1) is 5.82 Å². The third kappa shape index (κ3) is 4.03. The average molecular weight is 373 g/mol. The van der Waals surface area contributed by atoms with Crippen LogP contribution in [0.5, 0.6) is 0 Å². The molecule has 0 aliphatic heterocycles. The molecular weight excluding hydrogens is 359 g/mol. The second-order valence-electron chi connectivity index (χ2n) is 4.41. The molecule has 4 nitrogen and oxygen atoms in total. The third-order valence-electron chi connectivity index (χ3n) is 2.74. The molecule has 2 aromatic carbocycles. The van der Waals surface area contributed by atoms with Crippen molar-refractivity contribution < 1.29 is 12.8 Å². The monoisotopic (exact) mass is 372 g/mol. The van der Waals surface area contributed by atoms with Crippen LogP contribution in [-0.2, 0) is 16.6 Å². The van der Waals surface area contributed by atoms with E-state index >= 15 is 0 Å². The van der Waals surface area contributed by atoms with Crippen LogP contribution in [0.15, 0.2) is 51.8 Å². The van der Waals surface area contributed by atoms with Gasteiger partial charge in [0.25, 0.3) is 10.0 Å². The molecule has 0 unspecified atom stereocenters. The SMILES string of the molecule is CNCc1cccc(NS(=O)(=O)c2ccc(F)cc2Br)c1. The summed E-state index contributed by atoms with van der Waals surface area (Å²) >= 11 is 3.07. The molecular formula is C14H14BrFN2O2S. The highest BCUT2D eigenvalue weighted by Gasteiger charge is 2.18. The smallest absolute Gasteiger partial charge is 0.263 e. The van der Waals surface area contributed by atoms with Gasteiger partial charge >= 0.3 is 0 Å². The Morgan fingerprint density at radius 3 is 2.62 bits per heavy atom. The average Bonchev–Trinajstić information content (AvgIpc) is 2.38. The molecule has 0 spiro atoms. The molecule has 0 saturated heterocycles. The van der Waals surface area contributed by atoms with Gasteiger partial charge in [-0.3, -0.25) is 4.72 Å². The van der Waals surface area contributed by atoms with Gasteiger partial charge in [-0.25, -0.2) is 12.8 Å². The van der Waals surface area contributed by atoms with E-state index in [2.05, 4.69) is 26.0 Å². The van der Waals surface area contributed by atoms with E-state index in [9.17, 15) is 12.8 Å². The van der Waals surface area contributed by atoms with E-state index in [1.807, 2.05) is 13.1 Å². The van der Waals surface area contributed by atoms with Crippen LogP contribution < -0.4 is 10.0 Å². The van der Waals surface area contributed by atoms with Crippen LogP contribution >= 0.6 is 15.9 Å². The Hall–Kier alpha value is -1.44. The Balaban J connectivity index is 2.31. The van der Waals surface area contributed by atoms with E-state index in [1.54, 1.807) is 18.2 Å². The second-order valence-corrected chi connectivity index (χ2v) is 6.92. The van der Waals surface area contributed by atoms with Gasteiger partial charge in [-0.2, -0.15) is 0 Å². The Labute approximate surface area is 131 Å². The minimum Gasteiger partial charge on any atom is -0.316 e. The summed E-state index contributed by atoms with van der Waals surface area (Å²) < 4.78 is 40.4. The molecule has 0 aliphatic rings. The van der Waals surface area contributed by atoms with E-state index in [1.165, 1.54) is 6.07 Å². The predicted octanol–water partition coefficient (Wildman–Crippen LogP) is 3.11. The van der Waals surface area contributed by atoms with Crippen LogP contribution in [0.4, 0.5) is 10.1 Å². The van der Waals surface area contributed by atoms with Gasteiger partial charge in [0.1, 0.15) is 10.7 Å². The molecule has 0 saturated carbocycles. The van der Waals surface area contributed by atoms with Crippen LogP contribution in [0.3, 0.4) is 0 Å². The lowest BCUT2D eigenvalue weighted by molar-refractivity contribution is 0.599. The summed E-state index contributed by atoms with van der Waals surface area (Å²) in [6, 6.07) is 10.5. The summed E-state index contributed by atoms with van der Waals surface area (Å²) in [6.45, 7) is 0.635. The maximum absolute atomic E-state index is 13.0. The molecule has 0 atom stereocenters. The van der Waals surface area contributed by atoms with Gasteiger partial charge in [0, 0.05) is 16.7 Å². The van der Waals surface area contributed by atoms with Gasteiger partial charge in [-0.1, -0.05) is 12.1 Å². The normalized spacial score (nSPS) is 11.4.